The molecule has 0 aliphatic heterocycles. The zero-order valence-electron chi connectivity index (χ0n) is 9.65. The van der Waals surface area contributed by atoms with E-state index in [1.54, 1.807) is 0 Å². The second-order valence-corrected chi connectivity index (χ2v) is 7.22. The van der Waals surface area contributed by atoms with Crippen LogP contribution < -0.4 is 5.32 Å². The van der Waals surface area contributed by atoms with Crippen LogP contribution in [0.15, 0.2) is 0 Å². The highest BCUT2D eigenvalue weighted by Gasteiger charge is 2.25. The molecule has 0 amide bonds. The molecule has 9 nitrogen and oxygen atoms in total. The fraction of sp³-hybridized carbons (Fsp3) is 1.00. The molecule has 0 aliphatic rings. The van der Waals surface area contributed by atoms with Crippen molar-refractivity contribution >= 4 is 18.9 Å². The van der Waals surface area contributed by atoms with Gasteiger partial charge in [-0.05, 0) is 6.42 Å². The van der Waals surface area contributed by atoms with Crippen molar-refractivity contribution in [3.8, 4) is 0 Å². The Hall–Kier alpha value is -0.113. The second kappa shape index (κ2) is 8.14. The number of ether oxygens (including phenoxy) is 1. The van der Waals surface area contributed by atoms with Gasteiger partial charge in [0, 0.05) is 19.2 Å². The quantitative estimate of drug-likeness (QED) is 0.159. The van der Waals surface area contributed by atoms with Crippen LogP contribution in [0.3, 0.4) is 0 Å². The number of aliphatic hydroxyl groups is 1. The highest BCUT2D eigenvalue weighted by Crippen LogP contribution is 2.01. The molecule has 0 saturated heterocycles. The van der Waals surface area contributed by atoms with Gasteiger partial charge in [-0.25, -0.2) is 8.42 Å². The Morgan fingerprint density at radius 1 is 1.33 bits per heavy atom. The monoisotopic (exact) mass is 304 g/mol. The van der Waals surface area contributed by atoms with Crippen molar-refractivity contribution < 1.29 is 37.2 Å². The molecule has 0 aromatic rings. The van der Waals surface area contributed by atoms with E-state index in [0.29, 0.717) is 0 Å². The topological polar surface area (TPSA) is 159 Å². The van der Waals surface area contributed by atoms with Crippen LogP contribution in [0, 0.1) is 0 Å². The summed E-state index contributed by atoms with van der Waals surface area (Å²) in [5, 5.41) is 11.5. The van der Waals surface area contributed by atoms with E-state index >= 15 is 0 Å². The molecule has 0 rings (SSSR count). The van der Waals surface area contributed by atoms with E-state index in [1.807, 2.05) is 0 Å². The number of hydrogen-bond donors (Lipinski definition) is 5. The van der Waals surface area contributed by atoms with E-state index in [1.165, 1.54) is 0 Å². The first-order valence-corrected chi connectivity index (χ1v) is 8.80. The van der Waals surface area contributed by atoms with E-state index in [4.69, 9.17) is 19.1 Å². The molecule has 0 radical (unpaired) electrons. The lowest BCUT2D eigenvalue weighted by Gasteiger charge is -2.14. The molecular formula is C7H18NO8SSi-. The Labute approximate surface area is 106 Å². The molecule has 5 N–H and O–H groups in total. The fourth-order valence-electron chi connectivity index (χ4n) is 1.04. The number of hydrogen-bond acceptors (Lipinski definition) is 9. The molecule has 0 saturated carbocycles. The predicted molar refractivity (Wildman–Crippen MR) is 61.2 cm³/mol. The third-order valence-electron chi connectivity index (χ3n) is 1.77. The Bertz CT molecular complexity index is 316. The van der Waals surface area contributed by atoms with Crippen LogP contribution in [0.2, 0.25) is 6.04 Å². The van der Waals surface area contributed by atoms with Crippen molar-refractivity contribution in [1.82, 2.24) is 5.32 Å². The number of rotatable bonds is 10. The largest absolute Gasteiger partial charge is 0.747 e. The summed E-state index contributed by atoms with van der Waals surface area (Å²) in [5.41, 5.74) is 0. The minimum Gasteiger partial charge on any atom is -0.747 e. The van der Waals surface area contributed by atoms with Gasteiger partial charge in [0.05, 0.1) is 18.6 Å². The first kappa shape index (κ1) is 17.9. The average molecular weight is 304 g/mol. The standard InChI is InChI=1S/C7H19NO8SSi/c9-7(4-8-6-17(10,11)12)5-16-2-1-3-18(13,14)15/h7-9,13-15H,1-6H2,(H,10,11,12)/p-1. The molecule has 110 valence electrons. The third-order valence-corrected chi connectivity index (χ3v) is 3.35. The van der Waals surface area contributed by atoms with E-state index in [0.717, 1.165) is 0 Å². The molecule has 0 aliphatic carbocycles. The van der Waals surface area contributed by atoms with Crippen LogP contribution in [-0.2, 0) is 14.9 Å². The summed E-state index contributed by atoms with van der Waals surface area (Å²) in [6.45, 7) is -0.0871. The van der Waals surface area contributed by atoms with Gasteiger partial charge in [-0.3, -0.25) is 0 Å². The molecule has 0 aromatic carbocycles. The third kappa shape index (κ3) is 13.9. The Balaban J connectivity index is 3.46. The van der Waals surface area contributed by atoms with E-state index in [9.17, 15) is 18.1 Å². The van der Waals surface area contributed by atoms with Gasteiger partial charge in [0.25, 0.3) is 0 Å². The van der Waals surface area contributed by atoms with Crippen molar-refractivity contribution in [2.45, 2.75) is 18.6 Å². The summed E-state index contributed by atoms with van der Waals surface area (Å²) in [4.78, 5) is 26.0. The Morgan fingerprint density at radius 2 is 1.94 bits per heavy atom. The van der Waals surface area contributed by atoms with E-state index in [-0.39, 0.29) is 32.2 Å². The summed E-state index contributed by atoms with van der Waals surface area (Å²) in [6.07, 6.45) is -0.753. The van der Waals surface area contributed by atoms with Gasteiger partial charge >= 0.3 is 8.80 Å². The van der Waals surface area contributed by atoms with Crippen molar-refractivity contribution in [2.24, 2.45) is 0 Å². The summed E-state index contributed by atoms with van der Waals surface area (Å²) >= 11 is 0. The van der Waals surface area contributed by atoms with Gasteiger partial charge in [-0.1, -0.05) is 0 Å². The van der Waals surface area contributed by atoms with Crippen molar-refractivity contribution in [3.63, 3.8) is 0 Å². The van der Waals surface area contributed by atoms with Crippen molar-refractivity contribution in [3.05, 3.63) is 0 Å². The van der Waals surface area contributed by atoms with Gasteiger partial charge in [0.2, 0.25) is 0 Å². The molecule has 0 fully saturated rings. The number of nitrogens with one attached hydrogen (secondary N) is 1. The molecule has 0 heterocycles. The van der Waals surface area contributed by atoms with Gasteiger partial charge in [-0.2, -0.15) is 0 Å². The molecule has 0 bridgehead atoms. The molecule has 1 unspecified atom stereocenters. The van der Waals surface area contributed by atoms with E-state index in [2.05, 4.69) is 5.32 Å². The first-order valence-electron chi connectivity index (χ1n) is 5.17. The smallest absolute Gasteiger partial charge is 0.492 e. The average Bonchev–Trinajstić information content (AvgIpc) is 2.13. The number of aliphatic hydroxyl groups excluding tert-OH is 1. The first-order chi connectivity index (χ1) is 8.10. The van der Waals surface area contributed by atoms with Gasteiger partial charge in [-0.15, -0.1) is 0 Å². The summed E-state index contributed by atoms with van der Waals surface area (Å²) in [6, 6.07) is -0.157. The molecule has 0 spiro atoms. The van der Waals surface area contributed by atoms with Crippen molar-refractivity contribution in [2.75, 3.05) is 25.6 Å². The molecule has 0 aromatic heterocycles. The summed E-state index contributed by atoms with van der Waals surface area (Å²) in [5.74, 6) is -0.766. The normalized spacial score (nSPS) is 14.7. The lowest BCUT2D eigenvalue weighted by atomic mass is 10.4. The predicted octanol–water partition coefficient (Wildman–Crippen LogP) is -3.24. The maximum Gasteiger partial charge on any atom is 0.492 e. The van der Waals surface area contributed by atoms with Gasteiger partial charge in [0.15, 0.2) is 0 Å². The minimum absolute atomic E-state index is 0.0945. The Morgan fingerprint density at radius 3 is 2.44 bits per heavy atom. The maximum absolute atomic E-state index is 10.2. The molecule has 1 atom stereocenters. The van der Waals surface area contributed by atoms with Crippen LogP contribution in [0.25, 0.3) is 0 Å². The molecule has 11 heteroatoms. The molecule has 18 heavy (non-hydrogen) atoms. The van der Waals surface area contributed by atoms with Crippen LogP contribution >= 0.6 is 0 Å². The summed E-state index contributed by atoms with van der Waals surface area (Å²) < 4.78 is 35.6. The maximum atomic E-state index is 10.2. The summed E-state index contributed by atoms with van der Waals surface area (Å²) in [7, 11) is -8.39. The fourth-order valence-corrected chi connectivity index (χ4v) is 2.03. The van der Waals surface area contributed by atoms with Gasteiger partial charge < -0.3 is 34.1 Å². The van der Waals surface area contributed by atoms with E-state index < -0.39 is 30.9 Å². The van der Waals surface area contributed by atoms with Gasteiger partial charge in [0.1, 0.15) is 10.1 Å². The highest BCUT2D eigenvalue weighted by atomic mass is 32.2. The van der Waals surface area contributed by atoms with Crippen LogP contribution in [0.4, 0.5) is 0 Å². The second-order valence-electron chi connectivity index (χ2n) is 3.76. The molecular weight excluding hydrogens is 286 g/mol. The van der Waals surface area contributed by atoms with Crippen LogP contribution in [-0.4, -0.2) is 73.0 Å². The highest BCUT2D eigenvalue weighted by molar-refractivity contribution is 7.85. The lowest BCUT2D eigenvalue weighted by Crippen LogP contribution is -2.35. The Kier molecular flexibility index (Phi) is 8.09. The van der Waals surface area contributed by atoms with Crippen LogP contribution in [0.1, 0.15) is 6.42 Å². The lowest BCUT2D eigenvalue weighted by molar-refractivity contribution is 0.0369. The van der Waals surface area contributed by atoms with Crippen LogP contribution in [0.5, 0.6) is 0 Å². The SMILES string of the molecule is O=S(=O)([O-])CNCC(O)COCCC[Si](O)(O)O. The van der Waals surface area contributed by atoms with Crippen molar-refractivity contribution in [1.29, 1.82) is 0 Å². The zero-order chi connectivity index (χ0) is 14.2. The minimum atomic E-state index is -4.36. The zero-order valence-corrected chi connectivity index (χ0v) is 11.5.